The Bertz CT molecular complexity index is 352. The molecular formula is C18H29NO. The molecule has 1 fully saturated rings. The van der Waals surface area contributed by atoms with Crippen LogP contribution in [0.4, 0.5) is 0 Å². The lowest BCUT2D eigenvalue weighted by atomic mass is 10.1. The summed E-state index contributed by atoms with van der Waals surface area (Å²) in [4.78, 5) is 0. The van der Waals surface area contributed by atoms with Crippen LogP contribution in [-0.4, -0.2) is 25.3 Å². The van der Waals surface area contributed by atoms with Crippen LogP contribution < -0.4 is 5.32 Å². The highest BCUT2D eigenvalue weighted by atomic mass is 16.5. The SMILES string of the molecule is CCNC1CCCCCC1OCCCc1ccccc1. The minimum atomic E-state index is 0.424. The van der Waals surface area contributed by atoms with Crippen LogP contribution in [0.2, 0.25) is 0 Å². The molecule has 0 saturated heterocycles. The average Bonchev–Trinajstić information content (AvgIpc) is 2.71. The molecule has 2 heteroatoms. The van der Waals surface area contributed by atoms with Crippen molar-refractivity contribution in [2.75, 3.05) is 13.2 Å². The van der Waals surface area contributed by atoms with Gasteiger partial charge in [-0.2, -0.15) is 0 Å². The molecule has 1 aliphatic rings. The summed E-state index contributed by atoms with van der Waals surface area (Å²) in [6.07, 6.45) is 9.21. The number of hydrogen-bond donors (Lipinski definition) is 1. The Kier molecular flexibility index (Phi) is 7.10. The zero-order chi connectivity index (χ0) is 14.0. The van der Waals surface area contributed by atoms with Crippen molar-refractivity contribution in [2.24, 2.45) is 0 Å². The summed E-state index contributed by atoms with van der Waals surface area (Å²) in [5.41, 5.74) is 1.42. The van der Waals surface area contributed by atoms with Crippen LogP contribution in [-0.2, 0) is 11.2 Å². The van der Waals surface area contributed by atoms with Crippen molar-refractivity contribution in [1.29, 1.82) is 0 Å². The summed E-state index contributed by atoms with van der Waals surface area (Å²) < 4.78 is 6.19. The first-order valence-electron chi connectivity index (χ1n) is 8.29. The summed E-state index contributed by atoms with van der Waals surface area (Å²) in [5.74, 6) is 0. The van der Waals surface area contributed by atoms with Gasteiger partial charge >= 0.3 is 0 Å². The zero-order valence-corrected chi connectivity index (χ0v) is 12.8. The van der Waals surface area contributed by atoms with E-state index in [1.54, 1.807) is 0 Å². The maximum Gasteiger partial charge on any atom is 0.0728 e. The van der Waals surface area contributed by atoms with E-state index < -0.39 is 0 Å². The van der Waals surface area contributed by atoms with Gasteiger partial charge in [-0.15, -0.1) is 0 Å². The highest BCUT2D eigenvalue weighted by molar-refractivity contribution is 5.14. The van der Waals surface area contributed by atoms with E-state index in [0.717, 1.165) is 26.0 Å². The lowest BCUT2D eigenvalue weighted by Crippen LogP contribution is -2.40. The third-order valence-electron chi connectivity index (χ3n) is 4.20. The van der Waals surface area contributed by atoms with E-state index in [1.165, 1.54) is 37.7 Å². The quantitative estimate of drug-likeness (QED) is 0.601. The lowest BCUT2D eigenvalue weighted by molar-refractivity contribution is 0.0213. The number of aryl methyl sites for hydroxylation is 1. The summed E-state index contributed by atoms with van der Waals surface area (Å²) in [6, 6.07) is 11.3. The molecule has 0 heterocycles. The van der Waals surface area contributed by atoms with E-state index in [-0.39, 0.29) is 0 Å². The van der Waals surface area contributed by atoms with Gasteiger partial charge in [-0.3, -0.25) is 0 Å². The van der Waals surface area contributed by atoms with Crippen LogP contribution in [0.15, 0.2) is 30.3 Å². The van der Waals surface area contributed by atoms with Crippen molar-refractivity contribution >= 4 is 0 Å². The Morgan fingerprint density at radius 3 is 2.70 bits per heavy atom. The second-order valence-electron chi connectivity index (χ2n) is 5.80. The Labute approximate surface area is 123 Å². The van der Waals surface area contributed by atoms with Crippen LogP contribution in [0.25, 0.3) is 0 Å². The molecule has 1 aliphatic carbocycles. The van der Waals surface area contributed by atoms with Crippen LogP contribution in [0.1, 0.15) is 51.0 Å². The molecule has 112 valence electrons. The summed E-state index contributed by atoms with van der Waals surface area (Å²) in [7, 11) is 0. The maximum atomic E-state index is 6.19. The van der Waals surface area contributed by atoms with E-state index in [9.17, 15) is 0 Å². The van der Waals surface area contributed by atoms with Crippen molar-refractivity contribution < 1.29 is 4.74 Å². The van der Waals surface area contributed by atoms with Gasteiger partial charge in [-0.1, -0.05) is 56.5 Å². The third-order valence-corrected chi connectivity index (χ3v) is 4.20. The van der Waals surface area contributed by atoms with Gasteiger partial charge < -0.3 is 10.1 Å². The molecule has 0 aliphatic heterocycles. The fourth-order valence-corrected chi connectivity index (χ4v) is 3.12. The Balaban J connectivity index is 1.70. The number of benzene rings is 1. The first-order valence-corrected chi connectivity index (χ1v) is 8.29. The summed E-state index contributed by atoms with van der Waals surface area (Å²) in [5, 5.41) is 3.61. The molecule has 1 aromatic rings. The molecule has 2 nitrogen and oxygen atoms in total. The van der Waals surface area contributed by atoms with Gasteiger partial charge in [0.25, 0.3) is 0 Å². The van der Waals surface area contributed by atoms with Gasteiger partial charge in [0.1, 0.15) is 0 Å². The van der Waals surface area contributed by atoms with Gasteiger partial charge in [0.15, 0.2) is 0 Å². The lowest BCUT2D eigenvalue weighted by Gasteiger charge is -2.26. The van der Waals surface area contributed by atoms with E-state index >= 15 is 0 Å². The topological polar surface area (TPSA) is 21.3 Å². The number of likely N-dealkylation sites (N-methyl/N-ethyl adjacent to an activating group) is 1. The molecule has 0 spiro atoms. The van der Waals surface area contributed by atoms with E-state index in [2.05, 4.69) is 42.6 Å². The molecule has 0 bridgehead atoms. The summed E-state index contributed by atoms with van der Waals surface area (Å²) in [6.45, 7) is 4.13. The van der Waals surface area contributed by atoms with Crippen molar-refractivity contribution in [1.82, 2.24) is 5.32 Å². The van der Waals surface area contributed by atoms with Crippen LogP contribution >= 0.6 is 0 Å². The normalized spacial score (nSPS) is 23.4. The minimum absolute atomic E-state index is 0.424. The first-order chi connectivity index (χ1) is 9.90. The Morgan fingerprint density at radius 1 is 1.10 bits per heavy atom. The van der Waals surface area contributed by atoms with Crippen molar-refractivity contribution in [3.05, 3.63) is 35.9 Å². The molecule has 0 aromatic heterocycles. The fourth-order valence-electron chi connectivity index (χ4n) is 3.12. The van der Waals surface area contributed by atoms with Crippen molar-refractivity contribution in [3.8, 4) is 0 Å². The largest absolute Gasteiger partial charge is 0.377 e. The Morgan fingerprint density at radius 2 is 1.90 bits per heavy atom. The smallest absolute Gasteiger partial charge is 0.0728 e. The number of ether oxygens (including phenoxy) is 1. The van der Waals surface area contributed by atoms with Crippen molar-refractivity contribution in [2.45, 2.75) is 64.0 Å². The molecular weight excluding hydrogens is 246 g/mol. The average molecular weight is 275 g/mol. The van der Waals surface area contributed by atoms with Gasteiger partial charge in [0.05, 0.1) is 6.10 Å². The van der Waals surface area contributed by atoms with Gasteiger partial charge in [-0.25, -0.2) is 0 Å². The minimum Gasteiger partial charge on any atom is -0.377 e. The van der Waals surface area contributed by atoms with Crippen LogP contribution in [0, 0.1) is 0 Å². The molecule has 2 atom stereocenters. The standard InChI is InChI=1S/C18H29NO/c1-2-19-17-13-7-4-8-14-18(17)20-15-9-12-16-10-5-3-6-11-16/h3,5-6,10-11,17-19H,2,4,7-9,12-15H2,1H3. The number of nitrogens with one attached hydrogen (secondary N) is 1. The molecule has 20 heavy (non-hydrogen) atoms. The zero-order valence-electron chi connectivity index (χ0n) is 12.8. The number of hydrogen-bond acceptors (Lipinski definition) is 2. The van der Waals surface area contributed by atoms with Crippen molar-refractivity contribution in [3.63, 3.8) is 0 Å². The molecule has 1 saturated carbocycles. The van der Waals surface area contributed by atoms with Gasteiger partial charge in [0, 0.05) is 12.6 Å². The monoisotopic (exact) mass is 275 g/mol. The van der Waals surface area contributed by atoms with Gasteiger partial charge in [-0.05, 0) is 37.8 Å². The first kappa shape index (κ1) is 15.5. The third kappa shape index (κ3) is 5.26. The van der Waals surface area contributed by atoms with E-state index in [0.29, 0.717) is 12.1 Å². The van der Waals surface area contributed by atoms with Crippen LogP contribution in [0.3, 0.4) is 0 Å². The van der Waals surface area contributed by atoms with E-state index in [4.69, 9.17) is 4.74 Å². The molecule has 2 unspecified atom stereocenters. The molecule has 0 amide bonds. The molecule has 1 N–H and O–H groups in total. The maximum absolute atomic E-state index is 6.19. The Hall–Kier alpha value is -0.860. The highest BCUT2D eigenvalue weighted by Crippen LogP contribution is 2.21. The molecule has 0 radical (unpaired) electrons. The second-order valence-corrected chi connectivity index (χ2v) is 5.80. The predicted octanol–water partition coefficient (Wildman–Crippen LogP) is 3.95. The fraction of sp³-hybridized carbons (Fsp3) is 0.667. The highest BCUT2D eigenvalue weighted by Gasteiger charge is 2.23. The second kappa shape index (κ2) is 9.15. The molecule has 2 rings (SSSR count). The van der Waals surface area contributed by atoms with E-state index in [1.807, 2.05) is 0 Å². The predicted molar refractivity (Wildman–Crippen MR) is 85.1 cm³/mol. The summed E-state index contributed by atoms with van der Waals surface area (Å²) >= 11 is 0. The molecule has 1 aromatic carbocycles. The van der Waals surface area contributed by atoms with Crippen LogP contribution in [0.5, 0.6) is 0 Å². The van der Waals surface area contributed by atoms with Gasteiger partial charge in [0.2, 0.25) is 0 Å². The number of rotatable bonds is 7.